The molecule has 0 saturated carbocycles. The number of benzene rings is 2. The minimum Gasteiger partial charge on any atom is -0.496 e. The first-order valence-corrected chi connectivity index (χ1v) is 10.0. The van der Waals surface area contributed by atoms with Gasteiger partial charge in [-0.25, -0.2) is 4.79 Å². The van der Waals surface area contributed by atoms with Crippen LogP contribution in [0.3, 0.4) is 0 Å². The number of methoxy groups -OCH3 is 2. The van der Waals surface area contributed by atoms with Crippen molar-refractivity contribution in [1.29, 1.82) is 0 Å². The second-order valence-corrected chi connectivity index (χ2v) is 7.58. The van der Waals surface area contributed by atoms with E-state index >= 15 is 0 Å². The summed E-state index contributed by atoms with van der Waals surface area (Å²) >= 11 is 0. The molecule has 166 valence electrons. The fourth-order valence-corrected chi connectivity index (χ4v) is 3.26. The number of carbonyl (C=O) groups is 2. The molecule has 0 fully saturated rings. The van der Waals surface area contributed by atoms with E-state index < -0.39 is 5.97 Å². The zero-order valence-corrected chi connectivity index (χ0v) is 18.4. The Balaban J connectivity index is 1.97. The molecular weight excluding hydrogens is 410 g/mol. The Bertz CT molecular complexity index is 1150. The second-order valence-electron chi connectivity index (χ2n) is 7.58. The van der Waals surface area contributed by atoms with Gasteiger partial charge in [-0.2, -0.15) is 0 Å². The van der Waals surface area contributed by atoms with E-state index in [1.54, 1.807) is 32.7 Å². The molecule has 0 aliphatic rings. The largest absolute Gasteiger partial charge is 0.496 e. The normalized spacial score (nSPS) is 11.2. The highest BCUT2D eigenvalue weighted by Crippen LogP contribution is 2.36. The molecule has 0 spiro atoms. The predicted octanol–water partition coefficient (Wildman–Crippen LogP) is 4.21. The minimum atomic E-state index is -1.04. The van der Waals surface area contributed by atoms with Crippen molar-refractivity contribution < 1.29 is 24.2 Å². The Hall–Kier alpha value is -3.94. The number of carboxylic acids is 1. The number of aromatic nitrogens is 3. The molecule has 0 aliphatic carbocycles. The molecule has 3 rings (SSSR count). The molecule has 1 heterocycles. The van der Waals surface area contributed by atoms with E-state index in [1.165, 1.54) is 30.3 Å². The fourth-order valence-electron chi connectivity index (χ4n) is 3.26. The molecule has 3 aromatic rings. The van der Waals surface area contributed by atoms with E-state index in [9.17, 15) is 9.59 Å². The number of ketones is 1. The van der Waals surface area contributed by atoms with Crippen LogP contribution in [0, 0.1) is 5.92 Å². The number of hydrogen-bond acceptors (Lipinski definition) is 6. The Morgan fingerprint density at radius 2 is 1.72 bits per heavy atom. The zero-order chi connectivity index (χ0) is 23.3. The average molecular weight is 435 g/mol. The first-order valence-electron chi connectivity index (χ1n) is 10.0. The van der Waals surface area contributed by atoms with Crippen molar-refractivity contribution in [2.45, 2.75) is 20.4 Å². The predicted molar refractivity (Wildman–Crippen MR) is 120 cm³/mol. The molecule has 1 aromatic heterocycles. The van der Waals surface area contributed by atoms with E-state index in [1.807, 2.05) is 10.6 Å². The smallest absolute Gasteiger partial charge is 0.335 e. The minimum absolute atomic E-state index is 0.123. The van der Waals surface area contributed by atoms with Crippen LogP contribution in [0.1, 0.15) is 40.1 Å². The van der Waals surface area contributed by atoms with Crippen LogP contribution in [0.2, 0.25) is 0 Å². The van der Waals surface area contributed by atoms with Crippen molar-refractivity contribution in [3.8, 4) is 22.9 Å². The van der Waals surface area contributed by atoms with E-state index in [2.05, 4.69) is 24.0 Å². The summed E-state index contributed by atoms with van der Waals surface area (Å²) in [6.07, 6.45) is 4.75. The van der Waals surface area contributed by atoms with Crippen molar-refractivity contribution in [3.63, 3.8) is 0 Å². The number of carbonyl (C=O) groups excluding carboxylic acids is 1. The maximum atomic E-state index is 12.6. The monoisotopic (exact) mass is 435 g/mol. The SMILES string of the molecule is COc1cc(OC)c(-c2nncn2CC(C)C)cc1C=CC(=O)c1ccc(C(=O)O)cc1. The van der Waals surface area contributed by atoms with Gasteiger partial charge in [-0.05, 0) is 36.3 Å². The van der Waals surface area contributed by atoms with Crippen LogP contribution in [0.5, 0.6) is 11.5 Å². The Morgan fingerprint density at radius 3 is 2.31 bits per heavy atom. The van der Waals surface area contributed by atoms with Gasteiger partial charge in [0.2, 0.25) is 0 Å². The lowest BCUT2D eigenvalue weighted by atomic mass is 10.0. The molecule has 0 atom stereocenters. The van der Waals surface area contributed by atoms with E-state index in [0.717, 1.165) is 12.1 Å². The van der Waals surface area contributed by atoms with Crippen LogP contribution >= 0.6 is 0 Å². The Labute approximate surface area is 186 Å². The summed E-state index contributed by atoms with van der Waals surface area (Å²) in [5, 5.41) is 17.3. The van der Waals surface area contributed by atoms with Crippen molar-refractivity contribution in [2.75, 3.05) is 14.2 Å². The van der Waals surface area contributed by atoms with Crippen LogP contribution in [0.25, 0.3) is 17.5 Å². The highest BCUT2D eigenvalue weighted by molar-refractivity contribution is 6.07. The van der Waals surface area contributed by atoms with Gasteiger partial charge in [-0.3, -0.25) is 4.79 Å². The standard InChI is InChI=1S/C24H25N3O5/c1-15(2)13-27-14-25-26-23(27)19-11-18(21(31-3)12-22(19)32-4)9-10-20(28)16-5-7-17(8-6-16)24(29)30/h5-12,14-15H,13H2,1-4H3,(H,29,30). The Kier molecular flexibility index (Phi) is 7.04. The van der Waals surface area contributed by atoms with Crippen molar-refractivity contribution in [1.82, 2.24) is 14.8 Å². The second kappa shape index (κ2) is 9.91. The van der Waals surface area contributed by atoms with Crippen LogP contribution in [0.15, 0.2) is 48.8 Å². The van der Waals surface area contributed by atoms with Gasteiger partial charge in [-0.15, -0.1) is 10.2 Å². The van der Waals surface area contributed by atoms with E-state index in [4.69, 9.17) is 14.6 Å². The first kappa shape index (κ1) is 22.7. The van der Waals surface area contributed by atoms with Gasteiger partial charge in [0.15, 0.2) is 11.6 Å². The van der Waals surface area contributed by atoms with E-state index in [0.29, 0.717) is 34.4 Å². The van der Waals surface area contributed by atoms with Crippen LogP contribution in [-0.2, 0) is 6.54 Å². The fraction of sp³-hybridized carbons (Fsp3) is 0.250. The third-order valence-corrected chi connectivity index (χ3v) is 4.80. The summed E-state index contributed by atoms with van der Waals surface area (Å²) in [4.78, 5) is 23.6. The van der Waals surface area contributed by atoms with Crippen LogP contribution in [0.4, 0.5) is 0 Å². The Morgan fingerprint density at radius 1 is 1.06 bits per heavy atom. The molecule has 8 nitrogen and oxygen atoms in total. The molecule has 0 bridgehead atoms. The summed E-state index contributed by atoms with van der Waals surface area (Å²) in [6.45, 7) is 4.96. The molecule has 0 amide bonds. The van der Waals surface area contributed by atoms with Gasteiger partial charge in [0.05, 0.1) is 25.3 Å². The van der Waals surface area contributed by atoms with Crippen molar-refractivity contribution in [3.05, 3.63) is 65.5 Å². The summed E-state index contributed by atoms with van der Waals surface area (Å²) in [6, 6.07) is 9.36. The highest BCUT2D eigenvalue weighted by atomic mass is 16.5. The van der Waals surface area contributed by atoms with Gasteiger partial charge in [0.25, 0.3) is 0 Å². The number of allylic oxidation sites excluding steroid dienone is 1. The summed E-state index contributed by atoms with van der Waals surface area (Å²) < 4.78 is 13.0. The van der Waals surface area contributed by atoms with E-state index in [-0.39, 0.29) is 11.3 Å². The number of ether oxygens (including phenoxy) is 2. The molecule has 0 saturated heterocycles. The van der Waals surface area contributed by atoms with Gasteiger partial charge < -0.3 is 19.1 Å². The molecular formula is C24H25N3O5. The molecule has 0 radical (unpaired) electrons. The third-order valence-electron chi connectivity index (χ3n) is 4.80. The lowest BCUT2D eigenvalue weighted by Crippen LogP contribution is -2.06. The van der Waals surface area contributed by atoms with Gasteiger partial charge >= 0.3 is 5.97 Å². The third kappa shape index (κ3) is 5.03. The number of rotatable bonds is 9. The van der Waals surface area contributed by atoms with Gasteiger partial charge in [0, 0.05) is 23.7 Å². The summed E-state index contributed by atoms with van der Waals surface area (Å²) in [7, 11) is 3.11. The maximum Gasteiger partial charge on any atom is 0.335 e. The number of aromatic carboxylic acids is 1. The lowest BCUT2D eigenvalue weighted by Gasteiger charge is -2.15. The van der Waals surface area contributed by atoms with Crippen LogP contribution < -0.4 is 9.47 Å². The average Bonchev–Trinajstić information content (AvgIpc) is 3.23. The number of hydrogen-bond donors (Lipinski definition) is 1. The molecule has 0 aliphatic heterocycles. The molecule has 8 heteroatoms. The zero-order valence-electron chi connectivity index (χ0n) is 18.4. The number of nitrogens with zero attached hydrogens (tertiary/aromatic N) is 3. The molecule has 32 heavy (non-hydrogen) atoms. The molecule has 0 unspecified atom stereocenters. The highest BCUT2D eigenvalue weighted by Gasteiger charge is 2.17. The first-order chi connectivity index (χ1) is 15.3. The van der Waals surface area contributed by atoms with Crippen molar-refractivity contribution >= 4 is 17.8 Å². The number of carboxylic acid groups (broad SMARTS) is 1. The van der Waals surface area contributed by atoms with Crippen LogP contribution in [-0.4, -0.2) is 45.8 Å². The lowest BCUT2D eigenvalue weighted by molar-refractivity contribution is 0.0696. The molecule has 2 aromatic carbocycles. The van der Waals surface area contributed by atoms with Crippen molar-refractivity contribution in [2.24, 2.45) is 5.92 Å². The summed E-state index contributed by atoms with van der Waals surface area (Å²) in [5.74, 6) is 0.866. The van der Waals surface area contributed by atoms with Gasteiger partial charge in [-0.1, -0.05) is 26.0 Å². The van der Waals surface area contributed by atoms with Gasteiger partial charge in [0.1, 0.15) is 17.8 Å². The topological polar surface area (TPSA) is 104 Å². The molecule has 1 N–H and O–H groups in total. The quantitative estimate of drug-likeness (QED) is 0.396. The summed E-state index contributed by atoms with van der Waals surface area (Å²) in [5.41, 5.74) is 1.90. The maximum absolute atomic E-state index is 12.6.